The molecule has 1 N–H and O–H groups in total. The normalized spacial score (nSPS) is 19.1. The summed E-state index contributed by atoms with van der Waals surface area (Å²) < 4.78 is 11.6. The van der Waals surface area contributed by atoms with E-state index in [1.807, 2.05) is 6.07 Å². The van der Waals surface area contributed by atoms with Crippen LogP contribution in [0.3, 0.4) is 0 Å². The van der Waals surface area contributed by atoms with Gasteiger partial charge in [0.15, 0.2) is 16.6 Å². The number of nitrogens with one attached hydrogen (secondary N) is 1. The van der Waals surface area contributed by atoms with Crippen LogP contribution in [0.5, 0.6) is 11.5 Å². The minimum absolute atomic E-state index is 0.276. The largest absolute Gasteiger partial charge is 0.490 e. The van der Waals surface area contributed by atoms with Crippen LogP contribution in [0.4, 0.5) is 5.69 Å². The van der Waals surface area contributed by atoms with E-state index in [2.05, 4.69) is 53.5 Å². The highest BCUT2D eigenvalue weighted by Crippen LogP contribution is 2.38. The first kappa shape index (κ1) is 17.2. The van der Waals surface area contributed by atoms with Gasteiger partial charge in [-0.05, 0) is 61.8 Å². The molecule has 4 nitrogen and oxygen atoms in total. The van der Waals surface area contributed by atoms with Gasteiger partial charge in [0.05, 0.1) is 19.3 Å². The van der Waals surface area contributed by atoms with Crippen LogP contribution < -0.4 is 14.8 Å². The van der Waals surface area contributed by atoms with Gasteiger partial charge in [-0.1, -0.05) is 23.8 Å². The highest BCUT2D eigenvalue weighted by atomic mass is 32.1. The fourth-order valence-electron chi connectivity index (χ4n) is 3.58. The number of thiocarbonyl (C=S) groups is 1. The van der Waals surface area contributed by atoms with E-state index >= 15 is 0 Å². The second-order valence-electron chi connectivity index (χ2n) is 6.90. The fraction of sp³-hybridized carbons (Fsp3) is 0.381. The van der Waals surface area contributed by atoms with E-state index < -0.39 is 0 Å². The van der Waals surface area contributed by atoms with Crippen molar-refractivity contribution in [3.05, 3.63) is 53.6 Å². The van der Waals surface area contributed by atoms with Crippen molar-refractivity contribution in [3.8, 4) is 11.5 Å². The third-order valence-electron chi connectivity index (χ3n) is 4.97. The van der Waals surface area contributed by atoms with Crippen LogP contribution >= 0.6 is 12.2 Å². The molecule has 2 aliphatic rings. The lowest BCUT2D eigenvalue weighted by Gasteiger charge is -2.28. The summed E-state index contributed by atoms with van der Waals surface area (Å²) in [4.78, 5) is 2.29. The van der Waals surface area contributed by atoms with Gasteiger partial charge in [0, 0.05) is 18.7 Å². The van der Waals surface area contributed by atoms with Crippen molar-refractivity contribution in [1.29, 1.82) is 0 Å². The third-order valence-corrected chi connectivity index (χ3v) is 5.31. The summed E-state index contributed by atoms with van der Waals surface area (Å²) in [5.74, 6) is 1.69. The molecule has 0 saturated carbocycles. The molecular formula is C21H24N2O2S. The van der Waals surface area contributed by atoms with Crippen molar-refractivity contribution in [2.24, 2.45) is 0 Å². The van der Waals surface area contributed by atoms with Crippen molar-refractivity contribution >= 4 is 23.0 Å². The predicted molar refractivity (Wildman–Crippen MR) is 108 cm³/mol. The maximum absolute atomic E-state index is 5.86. The molecule has 2 aromatic carbocycles. The second kappa shape index (κ2) is 7.54. The van der Waals surface area contributed by atoms with Gasteiger partial charge in [0.2, 0.25) is 0 Å². The summed E-state index contributed by atoms with van der Waals surface area (Å²) in [5.41, 5.74) is 3.51. The number of fused-ring (bicyclic) bond motifs is 1. The van der Waals surface area contributed by atoms with Gasteiger partial charge in [-0.2, -0.15) is 0 Å². The number of rotatable bonds is 2. The highest BCUT2D eigenvalue weighted by molar-refractivity contribution is 7.80. The molecule has 2 heterocycles. The van der Waals surface area contributed by atoms with E-state index in [9.17, 15) is 0 Å². The Balaban J connectivity index is 1.52. The smallest absolute Gasteiger partial charge is 0.173 e. The summed E-state index contributed by atoms with van der Waals surface area (Å²) in [5, 5.41) is 4.17. The number of aryl methyl sites for hydroxylation is 1. The van der Waals surface area contributed by atoms with Gasteiger partial charge in [0.1, 0.15) is 0 Å². The van der Waals surface area contributed by atoms with Gasteiger partial charge >= 0.3 is 0 Å². The van der Waals surface area contributed by atoms with E-state index in [1.54, 1.807) is 0 Å². The van der Waals surface area contributed by atoms with Gasteiger partial charge in [-0.25, -0.2) is 0 Å². The number of hydrogen-bond donors (Lipinski definition) is 1. The predicted octanol–water partition coefficient (Wildman–Crippen LogP) is 4.69. The van der Waals surface area contributed by atoms with Gasteiger partial charge in [-0.15, -0.1) is 0 Å². The zero-order valence-corrected chi connectivity index (χ0v) is 15.8. The molecule has 0 aliphatic carbocycles. The lowest BCUT2D eigenvalue weighted by molar-refractivity contribution is 0.296. The molecule has 0 unspecified atom stereocenters. The molecule has 2 aromatic rings. The summed E-state index contributed by atoms with van der Waals surface area (Å²) in [7, 11) is 0. The fourth-order valence-corrected chi connectivity index (χ4v) is 3.91. The Morgan fingerprint density at radius 3 is 2.62 bits per heavy atom. The van der Waals surface area contributed by atoms with Crippen LogP contribution in [-0.4, -0.2) is 29.8 Å². The van der Waals surface area contributed by atoms with Gasteiger partial charge in [-0.3, -0.25) is 0 Å². The summed E-state index contributed by atoms with van der Waals surface area (Å²) in [6.07, 6.45) is 3.15. The molecule has 0 aromatic heterocycles. The number of hydrogen-bond acceptors (Lipinski definition) is 3. The van der Waals surface area contributed by atoms with Crippen LogP contribution in [0.15, 0.2) is 42.5 Å². The van der Waals surface area contributed by atoms with Crippen LogP contribution in [0.1, 0.15) is 36.4 Å². The number of benzene rings is 2. The molecule has 1 atom stereocenters. The van der Waals surface area contributed by atoms with E-state index in [1.165, 1.54) is 11.1 Å². The molecule has 2 aliphatic heterocycles. The Bertz CT molecular complexity index is 791. The first-order valence-corrected chi connectivity index (χ1v) is 9.65. The maximum Gasteiger partial charge on any atom is 0.173 e. The summed E-state index contributed by atoms with van der Waals surface area (Å²) >= 11 is 5.71. The van der Waals surface area contributed by atoms with Crippen LogP contribution in [0.25, 0.3) is 0 Å². The molecular weight excluding hydrogens is 344 g/mol. The minimum atomic E-state index is 0.276. The monoisotopic (exact) mass is 368 g/mol. The molecule has 0 radical (unpaired) electrons. The lowest BCUT2D eigenvalue weighted by Crippen LogP contribution is -2.34. The summed E-state index contributed by atoms with van der Waals surface area (Å²) in [6, 6.07) is 14.9. The Kier molecular flexibility index (Phi) is 4.98. The topological polar surface area (TPSA) is 33.7 Å². The van der Waals surface area contributed by atoms with Crippen molar-refractivity contribution in [3.63, 3.8) is 0 Å². The zero-order valence-electron chi connectivity index (χ0n) is 15.0. The number of ether oxygens (including phenoxy) is 2. The first-order chi connectivity index (χ1) is 12.7. The molecule has 0 amide bonds. The quantitative estimate of drug-likeness (QED) is 0.778. The Morgan fingerprint density at radius 2 is 1.81 bits per heavy atom. The minimum Gasteiger partial charge on any atom is -0.490 e. The highest BCUT2D eigenvalue weighted by Gasteiger charge is 2.29. The Morgan fingerprint density at radius 1 is 1.04 bits per heavy atom. The van der Waals surface area contributed by atoms with Gasteiger partial charge in [0.25, 0.3) is 0 Å². The van der Waals surface area contributed by atoms with Gasteiger partial charge < -0.3 is 19.7 Å². The standard InChI is InChI=1S/C21H24N2O2S/c1-15-5-8-17(9-6-15)22-21(26)23-11-2-4-18(23)16-7-10-19-20(14-16)25-13-3-12-24-19/h5-10,14,18H,2-4,11-13H2,1H3,(H,22,26)/t18-/m1/s1. The van der Waals surface area contributed by atoms with E-state index in [4.69, 9.17) is 21.7 Å². The molecule has 0 bridgehead atoms. The van der Waals surface area contributed by atoms with E-state index in [0.717, 1.165) is 48.1 Å². The number of anilines is 1. The summed E-state index contributed by atoms with van der Waals surface area (Å²) in [6.45, 7) is 4.48. The average Bonchev–Trinajstić information content (AvgIpc) is 3.02. The van der Waals surface area contributed by atoms with E-state index in [0.29, 0.717) is 13.2 Å². The van der Waals surface area contributed by atoms with Crippen LogP contribution in [-0.2, 0) is 0 Å². The number of likely N-dealkylation sites (tertiary alicyclic amines) is 1. The molecule has 136 valence electrons. The second-order valence-corrected chi connectivity index (χ2v) is 7.29. The molecule has 5 heteroatoms. The molecule has 1 saturated heterocycles. The molecule has 26 heavy (non-hydrogen) atoms. The molecule has 4 rings (SSSR count). The van der Waals surface area contributed by atoms with E-state index in [-0.39, 0.29) is 6.04 Å². The third kappa shape index (κ3) is 3.63. The molecule has 1 fully saturated rings. The van der Waals surface area contributed by atoms with Crippen molar-refractivity contribution < 1.29 is 9.47 Å². The Hall–Kier alpha value is -2.27. The van der Waals surface area contributed by atoms with Crippen molar-refractivity contribution in [2.45, 2.75) is 32.2 Å². The first-order valence-electron chi connectivity index (χ1n) is 9.24. The molecule has 0 spiro atoms. The van der Waals surface area contributed by atoms with Crippen molar-refractivity contribution in [1.82, 2.24) is 4.90 Å². The van der Waals surface area contributed by atoms with Crippen LogP contribution in [0.2, 0.25) is 0 Å². The van der Waals surface area contributed by atoms with Crippen molar-refractivity contribution in [2.75, 3.05) is 25.1 Å². The zero-order chi connectivity index (χ0) is 17.9. The van der Waals surface area contributed by atoms with Crippen LogP contribution in [0, 0.1) is 6.92 Å². The lowest BCUT2D eigenvalue weighted by atomic mass is 10.0. The maximum atomic E-state index is 5.86. The average molecular weight is 369 g/mol. The SMILES string of the molecule is Cc1ccc(NC(=S)N2CCC[C@@H]2c2ccc3c(c2)OCCCO3)cc1. The Labute approximate surface area is 160 Å². The number of nitrogens with zero attached hydrogens (tertiary/aromatic N) is 1.